The largest absolute Gasteiger partial charge is 0.464 e. The van der Waals surface area contributed by atoms with Crippen molar-refractivity contribution in [2.24, 2.45) is 0 Å². The van der Waals surface area contributed by atoms with Gasteiger partial charge in [-0.1, -0.05) is 18.2 Å². The first kappa shape index (κ1) is 31.5. The first-order chi connectivity index (χ1) is 21.0. The number of hydrogen-bond acceptors (Lipinski definition) is 6. The minimum absolute atomic E-state index is 0.0517. The number of ether oxygens (including phenoxy) is 1. The molecule has 5 rings (SSSR count). The van der Waals surface area contributed by atoms with E-state index in [1.807, 2.05) is 39.8 Å². The van der Waals surface area contributed by atoms with Crippen LogP contribution in [0.5, 0.6) is 0 Å². The van der Waals surface area contributed by atoms with Gasteiger partial charge in [-0.3, -0.25) is 4.79 Å². The number of furan rings is 1. The molecule has 0 radical (unpaired) electrons. The summed E-state index contributed by atoms with van der Waals surface area (Å²) in [6, 6.07) is 16.4. The Morgan fingerprint density at radius 1 is 0.864 bits per heavy atom. The normalized spacial score (nSPS) is 16.5. The van der Waals surface area contributed by atoms with Crippen molar-refractivity contribution in [2.75, 3.05) is 49.1 Å². The molecule has 3 aromatic rings. The lowest BCUT2D eigenvalue weighted by molar-refractivity contribution is -0.121. The van der Waals surface area contributed by atoms with Gasteiger partial charge in [0.25, 0.3) is 0 Å². The summed E-state index contributed by atoms with van der Waals surface area (Å²) in [4.78, 5) is 32.8. The Kier molecular flexibility index (Phi) is 9.56. The highest BCUT2D eigenvalue weighted by Crippen LogP contribution is 2.34. The maximum Gasteiger partial charge on any atom is 0.410 e. The van der Waals surface area contributed by atoms with E-state index in [4.69, 9.17) is 9.15 Å². The Hall–Kier alpha value is -3.94. The van der Waals surface area contributed by atoms with Gasteiger partial charge in [0.05, 0.1) is 6.42 Å². The van der Waals surface area contributed by atoms with Crippen LogP contribution in [0.1, 0.15) is 79.8 Å². The molecule has 2 saturated heterocycles. The lowest BCUT2D eigenvalue weighted by Gasteiger charge is -2.37. The maximum absolute atomic E-state index is 13.8. The summed E-state index contributed by atoms with van der Waals surface area (Å²) in [5.74, 6) is 1.51. The molecule has 0 saturated carbocycles. The molecule has 0 spiro atoms. The molecular formula is C36H48N4O4. The Morgan fingerprint density at radius 2 is 1.59 bits per heavy atom. The second-order valence-electron chi connectivity index (χ2n) is 13.3. The van der Waals surface area contributed by atoms with Crippen molar-refractivity contribution in [3.05, 3.63) is 82.3 Å². The van der Waals surface area contributed by atoms with E-state index in [1.165, 1.54) is 30.5 Å². The molecule has 1 aromatic heterocycles. The molecule has 44 heavy (non-hydrogen) atoms. The van der Waals surface area contributed by atoms with E-state index in [1.54, 1.807) is 4.90 Å². The fraction of sp³-hybridized carbons (Fsp3) is 0.500. The average molecular weight is 601 g/mol. The van der Waals surface area contributed by atoms with Crippen LogP contribution < -0.4 is 15.1 Å². The number of hydrogen-bond donors (Lipinski definition) is 1. The zero-order valence-corrected chi connectivity index (χ0v) is 27.2. The first-order valence-corrected chi connectivity index (χ1v) is 16.0. The highest BCUT2D eigenvalue weighted by Gasteiger charge is 2.28. The molecule has 2 amide bonds. The van der Waals surface area contributed by atoms with Crippen LogP contribution in [-0.2, 0) is 16.0 Å². The number of benzene rings is 2. The van der Waals surface area contributed by atoms with Gasteiger partial charge in [-0.2, -0.15) is 0 Å². The Morgan fingerprint density at radius 3 is 2.25 bits per heavy atom. The van der Waals surface area contributed by atoms with Crippen molar-refractivity contribution >= 4 is 23.4 Å². The summed E-state index contributed by atoms with van der Waals surface area (Å²) in [6.45, 7) is 16.4. The highest BCUT2D eigenvalue weighted by molar-refractivity contribution is 5.81. The van der Waals surface area contributed by atoms with Crippen LogP contribution in [-0.4, -0.2) is 61.8 Å². The van der Waals surface area contributed by atoms with Crippen LogP contribution >= 0.6 is 0 Å². The SMILES string of the molecule is Cc1ccc(C(NC(=O)Cc2cc(N3CCN(C(=O)OC(C)(C)C)CC3)ccc2C)c2ccc(C)o2)c(N2CCCCC2)c1. The molecule has 3 heterocycles. The topological polar surface area (TPSA) is 78.3 Å². The quantitative estimate of drug-likeness (QED) is 0.325. The van der Waals surface area contributed by atoms with Crippen molar-refractivity contribution in [2.45, 2.75) is 78.9 Å². The fourth-order valence-electron chi connectivity index (χ4n) is 6.12. The summed E-state index contributed by atoms with van der Waals surface area (Å²) >= 11 is 0. The fourth-order valence-corrected chi connectivity index (χ4v) is 6.12. The van der Waals surface area contributed by atoms with Crippen LogP contribution in [0.2, 0.25) is 0 Å². The minimum Gasteiger partial charge on any atom is -0.464 e. The van der Waals surface area contributed by atoms with Gasteiger partial charge in [0.1, 0.15) is 23.2 Å². The predicted octanol–water partition coefficient (Wildman–Crippen LogP) is 6.70. The molecule has 8 heteroatoms. The van der Waals surface area contributed by atoms with Gasteiger partial charge in [0, 0.05) is 56.2 Å². The Balaban J connectivity index is 1.32. The number of piperidine rings is 1. The summed E-state index contributed by atoms with van der Waals surface area (Å²) in [5.41, 5.74) is 6.06. The lowest BCUT2D eigenvalue weighted by atomic mass is 9.97. The summed E-state index contributed by atoms with van der Waals surface area (Å²) in [5, 5.41) is 3.34. The molecule has 1 atom stereocenters. The molecule has 0 aliphatic carbocycles. The van der Waals surface area contributed by atoms with Gasteiger partial charge < -0.3 is 29.2 Å². The Bertz CT molecular complexity index is 1460. The van der Waals surface area contributed by atoms with Gasteiger partial charge in [0.15, 0.2) is 0 Å². The van der Waals surface area contributed by atoms with E-state index in [0.29, 0.717) is 26.2 Å². The number of anilines is 2. The average Bonchev–Trinajstić information content (AvgIpc) is 3.42. The second-order valence-corrected chi connectivity index (χ2v) is 13.3. The van der Waals surface area contributed by atoms with Crippen LogP contribution in [0.15, 0.2) is 52.9 Å². The van der Waals surface area contributed by atoms with Gasteiger partial charge in [-0.15, -0.1) is 0 Å². The van der Waals surface area contributed by atoms with Crippen molar-refractivity contribution in [3.63, 3.8) is 0 Å². The van der Waals surface area contributed by atoms with Crippen LogP contribution in [0.4, 0.5) is 16.2 Å². The van der Waals surface area contributed by atoms with Gasteiger partial charge in [0.2, 0.25) is 5.91 Å². The predicted molar refractivity (Wildman–Crippen MR) is 176 cm³/mol. The molecule has 2 aliphatic heterocycles. The van der Waals surface area contributed by atoms with E-state index in [0.717, 1.165) is 47.0 Å². The monoisotopic (exact) mass is 600 g/mol. The summed E-state index contributed by atoms with van der Waals surface area (Å²) in [7, 11) is 0. The molecule has 8 nitrogen and oxygen atoms in total. The highest BCUT2D eigenvalue weighted by atomic mass is 16.6. The lowest BCUT2D eigenvalue weighted by Crippen LogP contribution is -2.50. The van der Waals surface area contributed by atoms with Crippen LogP contribution in [0.3, 0.4) is 0 Å². The third-order valence-electron chi connectivity index (χ3n) is 8.52. The molecular weight excluding hydrogens is 552 g/mol. The zero-order valence-electron chi connectivity index (χ0n) is 27.2. The number of amides is 2. The van der Waals surface area contributed by atoms with E-state index in [2.05, 4.69) is 65.4 Å². The molecule has 2 aromatic carbocycles. The standard InChI is InChI=1S/C36H48N4O4/c1-25-10-14-30(31(22-25)39-16-8-7-9-17-39)34(32-15-12-27(3)43-32)37-33(41)24-28-23-29(13-11-26(28)2)38-18-20-40(21-19-38)35(42)44-36(4,5)6/h10-15,22-23,34H,7-9,16-21,24H2,1-6H3,(H,37,41). The maximum atomic E-state index is 13.8. The van der Waals surface area contributed by atoms with Crippen molar-refractivity contribution < 1.29 is 18.7 Å². The number of rotatable bonds is 7. The number of nitrogens with one attached hydrogen (secondary N) is 1. The third kappa shape index (κ3) is 7.76. The van der Waals surface area contributed by atoms with Crippen LogP contribution in [0, 0.1) is 20.8 Å². The number of aryl methyl sites for hydroxylation is 3. The van der Waals surface area contributed by atoms with Gasteiger partial charge in [-0.05, 0) is 108 Å². The Labute approximate surface area is 262 Å². The molecule has 1 N–H and O–H groups in total. The minimum atomic E-state index is -0.510. The molecule has 2 fully saturated rings. The molecule has 0 bridgehead atoms. The summed E-state index contributed by atoms with van der Waals surface area (Å²) < 4.78 is 11.7. The molecule has 2 aliphatic rings. The smallest absolute Gasteiger partial charge is 0.410 e. The van der Waals surface area contributed by atoms with Gasteiger partial charge in [-0.25, -0.2) is 4.79 Å². The summed E-state index contributed by atoms with van der Waals surface area (Å²) in [6.07, 6.45) is 3.61. The van der Waals surface area contributed by atoms with E-state index in [-0.39, 0.29) is 18.4 Å². The van der Waals surface area contributed by atoms with Crippen molar-refractivity contribution in [3.8, 4) is 0 Å². The van der Waals surface area contributed by atoms with Gasteiger partial charge >= 0.3 is 6.09 Å². The molecule has 1 unspecified atom stereocenters. The van der Waals surface area contributed by atoms with Crippen molar-refractivity contribution in [1.29, 1.82) is 0 Å². The van der Waals surface area contributed by atoms with E-state index >= 15 is 0 Å². The third-order valence-corrected chi connectivity index (χ3v) is 8.52. The molecule has 236 valence electrons. The van der Waals surface area contributed by atoms with Crippen molar-refractivity contribution in [1.82, 2.24) is 10.2 Å². The number of piperazine rings is 1. The second kappa shape index (κ2) is 13.4. The van der Waals surface area contributed by atoms with E-state index < -0.39 is 11.6 Å². The number of carbonyl (C=O) groups is 2. The zero-order chi connectivity index (χ0) is 31.4. The van der Waals surface area contributed by atoms with Crippen LogP contribution in [0.25, 0.3) is 0 Å². The first-order valence-electron chi connectivity index (χ1n) is 16.0. The number of carbonyl (C=O) groups excluding carboxylic acids is 2. The number of nitrogens with zero attached hydrogens (tertiary/aromatic N) is 3. The van der Waals surface area contributed by atoms with E-state index in [9.17, 15) is 9.59 Å².